The van der Waals surface area contributed by atoms with Crippen molar-refractivity contribution in [1.82, 2.24) is 0 Å². The van der Waals surface area contributed by atoms with Gasteiger partial charge in [-0.05, 0) is 48.5 Å². The van der Waals surface area contributed by atoms with E-state index < -0.39 is 17.6 Å². The molecule has 0 spiro atoms. The summed E-state index contributed by atoms with van der Waals surface area (Å²) >= 11 is 0. The Morgan fingerprint density at radius 1 is 0.857 bits per heavy atom. The maximum absolute atomic E-state index is 12.6. The maximum Gasteiger partial charge on any atom is 0.416 e. The van der Waals surface area contributed by atoms with Crippen molar-refractivity contribution in [2.75, 3.05) is 17.2 Å². The molecule has 0 heterocycles. The highest BCUT2D eigenvalue weighted by Crippen LogP contribution is 2.30. The first-order valence-corrected chi connectivity index (χ1v) is 8.45. The highest BCUT2D eigenvalue weighted by atomic mass is 19.4. The molecule has 1 amide bonds. The lowest BCUT2D eigenvalue weighted by molar-refractivity contribution is -0.137. The summed E-state index contributed by atoms with van der Waals surface area (Å²) in [5, 5.41) is 5.52. The topological polar surface area (TPSA) is 50.4 Å². The Bertz CT molecular complexity index is 926. The third kappa shape index (κ3) is 5.26. The summed E-state index contributed by atoms with van der Waals surface area (Å²) in [4.78, 5) is 12.1. The van der Waals surface area contributed by atoms with Gasteiger partial charge >= 0.3 is 6.18 Å². The van der Waals surface area contributed by atoms with Crippen LogP contribution in [-0.4, -0.2) is 12.5 Å². The molecular weight excluding hydrogens is 369 g/mol. The fourth-order valence-corrected chi connectivity index (χ4v) is 2.44. The normalized spacial score (nSPS) is 11.0. The van der Waals surface area contributed by atoms with Crippen molar-refractivity contribution in [1.29, 1.82) is 0 Å². The van der Waals surface area contributed by atoms with Gasteiger partial charge in [0.25, 0.3) is 0 Å². The van der Waals surface area contributed by atoms with Gasteiger partial charge in [0.2, 0.25) is 5.91 Å². The lowest BCUT2D eigenvalue weighted by Gasteiger charge is -2.13. The number of carbonyl (C=O) groups is 1. The first-order valence-electron chi connectivity index (χ1n) is 8.45. The Kier molecular flexibility index (Phi) is 5.84. The zero-order chi connectivity index (χ0) is 20.0. The molecule has 2 N–H and O–H groups in total. The van der Waals surface area contributed by atoms with Gasteiger partial charge in [0.1, 0.15) is 5.75 Å². The predicted octanol–water partition coefficient (Wildman–Crippen LogP) is 5.55. The highest BCUT2D eigenvalue weighted by Gasteiger charge is 2.29. The number of alkyl halides is 3. The number of rotatable bonds is 6. The second kappa shape index (κ2) is 8.47. The minimum Gasteiger partial charge on any atom is -0.455 e. The number of ether oxygens (including phenoxy) is 1. The van der Waals surface area contributed by atoms with Crippen molar-refractivity contribution in [2.45, 2.75) is 6.18 Å². The standard InChI is InChI=1S/C21H17F3N2O2/c22-21(23,24)15-10-12-16(13-11-15)26-20(27)14-25-18-8-4-5-9-19(18)28-17-6-2-1-3-7-17/h1-13,25H,14H2,(H,26,27). The summed E-state index contributed by atoms with van der Waals surface area (Å²) in [5.41, 5.74) is 0.137. The molecular formula is C21H17F3N2O2. The summed E-state index contributed by atoms with van der Waals surface area (Å²) in [6.07, 6.45) is -4.41. The number of anilines is 2. The lowest BCUT2D eigenvalue weighted by Crippen LogP contribution is -2.22. The van der Waals surface area contributed by atoms with Gasteiger partial charge in [0.15, 0.2) is 5.75 Å². The van der Waals surface area contributed by atoms with Crippen molar-refractivity contribution in [3.05, 3.63) is 84.4 Å². The Hall–Kier alpha value is -3.48. The molecule has 3 aromatic carbocycles. The van der Waals surface area contributed by atoms with E-state index in [4.69, 9.17) is 4.74 Å². The first-order chi connectivity index (χ1) is 13.4. The number of nitrogens with one attached hydrogen (secondary N) is 2. The van der Waals surface area contributed by atoms with Crippen LogP contribution in [0.2, 0.25) is 0 Å². The van der Waals surface area contributed by atoms with Gasteiger partial charge in [-0.1, -0.05) is 30.3 Å². The molecule has 0 aliphatic rings. The van der Waals surface area contributed by atoms with Crippen molar-refractivity contribution in [3.63, 3.8) is 0 Å². The molecule has 0 unspecified atom stereocenters. The number of carbonyl (C=O) groups excluding carboxylic acids is 1. The van der Waals surface area contributed by atoms with Crippen LogP contribution < -0.4 is 15.4 Å². The number of amides is 1. The van der Waals surface area contributed by atoms with Crippen LogP contribution in [0.4, 0.5) is 24.5 Å². The molecule has 0 bridgehead atoms. The molecule has 0 fully saturated rings. The molecule has 0 saturated heterocycles. The third-order valence-electron chi connectivity index (χ3n) is 3.79. The van der Waals surface area contributed by atoms with E-state index in [9.17, 15) is 18.0 Å². The quantitative estimate of drug-likeness (QED) is 0.584. The SMILES string of the molecule is O=C(CNc1ccccc1Oc1ccccc1)Nc1ccc(C(F)(F)F)cc1. The largest absolute Gasteiger partial charge is 0.455 e. The zero-order valence-electron chi connectivity index (χ0n) is 14.7. The third-order valence-corrected chi connectivity index (χ3v) is 3.79. The Balaban J connectivity index is 1.59. The Morgan fingerprint density at radius 3 is 2.18 bits per heavy atom. The van der Waals surface area contributed by atoms with Gasteiger partial charge < -0.3 is 15.4 Å². The summed E-state index contributed by atoms with van der Waals surface area (Å²) in [6.45, 7) is -0.0732. The van der Waals surface area contributed by atoms with Gasteiger partial charge in [-0.25, -0.2) is 0 Å². The maximum atomic E-state index is 12.6. The minimum absolute atomic E-state index is 0.0732. The Morgan fingerprint density at radius 2 is 1.50 bits per heavy atom. The molecule has 3 aromatic rings. The monoisotopic (exact) mass is 386 g/mol. The molecule has 0 atom stereocenters. The van der Waals surface area contributed by atoms with Gasteiger partial charge in [0, 0.05) is 5.69 Å². The van der Waals surface area contributed by atoms with Crippen LogP contribution in [0.1, 0.15) is 5.56 Å². The fourth-order valence-electron chi connectivity index (χ4n) is 2.44. The minimum atomic E-state index is -4.41. The van der Waals surface area contributed by atoms with Crippen molar-refractivity contribution < 1.29 is 22.7 Å². The van der Waals surface area contributed by atoms with Crippen LogP contribution in [-0.2, 0) is 11.0 Å². The summed E-state index contributed by atoms with van der Waals surface area (Å²) in [5.74, 6) is 0.816. The predicted molar refractivity (Wildman–Crippen MR) is 102 cm³/mol. The zero-order valence-corrected chi connectivity index (χ0v) is 14.7. The van der Waals surface area contributed by atoms with Crippen LogP contribution in [0.3, 0.4) is 0 Å². The van der Waals surface area contributed by atoms with E-state index in [-0.39, 0.29) is 12.2 Å². The van der Waals surface area contributed by atoms with Crippen molar-refractivity contribution >= 4 is 17.3 Å². The summed E-state index contributed by atoms with van der Waals surface area (Å²) < 4.78 is 43.5. The van der Waals surface area contributed by atoms with Crippen LogP contribution in [0.25, 0.3) is 0 Å². The van der Waals surface area contributed by atoms with Crippen LogP contribution in [0.15, 0.2) is 78.9 Å². The second-order valence-corrected chi connectivity index (χ2v) is 5.89. The molecule has 4 nitrogen and oxygen atoms in total. The molecule has 0 aliphatic carbocycles. The van der Waals surface area contributed by atoms with Crippen LogP contribution in [0, 0.1) is 0 Å². The number of benzene rings is 3. The van der Waals surface area contributed by atoms with Gasteiger partial charge in [0.05, 0.1) is 17.8 Å². The van der Waals surface area contributed by atoms with Crippen LogP contribution in [0.5, 0.6) is 11.5 Å². The van der Waals surface area contributed by atoms with E-state index in [1.54, 1.807) is 18.2 Å². The molecule has 3 rings (SSSR count). The first kappa shape index (κ1) is 19.3. The van der Waals surface area contributed by atoms with E-state index in [2.05, 4.69) is 10.6 Å². The molecule has 0 aliphatic heterocycles. The smallest absolute Gasteiger partial charge is 0.416 e. The second-order valence-electron chi connectivity index (χ2n) is 5.89. The molecule has 0 saturated carbocycles. The molecule has 0 radical (unpaired) electrons. The summed E-state index contributed by atoms with van der Waals surface area (Å²) in [6, 6.07) is 20.6. The lowest BCUT2D eigenvalue weighted by atomic mass is 10.2. The van der Waals surface area contributed by atoms with E-state index in [0.29, 0.717) is 17.2 Å². The molecule has 0 aromatic heterocycles. The van der Waals surface area contributed by atoms with Gasteiger partial charge in [-0.2, -0.15) is 13.2 Å². The van der Waals surface area contributed by atoms with Gasteiger partial charge in [-0.3, -0.25) is 4.79 Å². The molecule has 28 heavy (non-hydrogen) atoms. The van der Waals surface area contributed by atoms with Crippen molar-refractivity contribution in [3.8, 4) is 11.5 Å². The fraction of sp³-hybridized carbons (Fsp3) is 0.0952. The van der Waals surface area contributed by atoms with E-state index in [1.165, 1.54) is 12.1 Å². The van der Waals surface area contributed by atoms with Crippen molar-refractivity contribution in [2.24, 2.45) is 0 Å². The Labute approximate surface area is 160 Å². The number of hydrogen-bond donors (Lipinski definition) is 2. The molecule has 7 heteroatoms. The number of para-hydroxylation sites is 3. The average Bonchev–Trinajstić information content (AvgIpc) is 2.68. The van der Waals surface area contributed by atoms with E-state index in [1.807, 2.05) is 36.4 Å². The highest BCUT2D eigenvalue weighted by molar-refractivity contribution is 5.94. The number of halogens is 3. The van der Waals surface area contributed by atoms with E-state index in [0.717, 1.165) is 12.1 Å². The number of hydrogen-bond acceptors (Lipinski definition) is 3. The van der Waals surface area contributed by atoms with Gasteiger partial charge in [-0.15, -0.1) is 0 Å². The summed E-state index contributed by atoms with van der Waals surface area (Å²) in [7, 11) is 0. The molecule has 144 valence electrons. The van der Waals surface area contributed by atoms with Crippen LogP contribution >= 0.6 is 0 Å². The average molecular weight is 386 g/mol. The van der Waals surface area contributed by atoms with E-state index >= 15 is 0 Å².